The fourth-order valence-corrected chi connectivity index (χ4v) is 2.38. The summed E-state index contributed by atoms with van der Waals surface area (Å²) in [4.78, 5) is 11.7. The quantitative estimate of drug-likeness (QED) is 0.243. The largest absolute Gasteiger partial charge is 0.294 e. The Labute approximate surface area is 124 Å². The van der Waals surface area contributed by atoms with Crippen molar-refractivity contribution in [2.24, 2.45) is 0 Å². The molecule has 0 spiro atoms. The number of carbonyl (C=O) groups is 1. The molecular formula is C15H17Cl2NO. The Morgan fingerprint density at radius 1 is 1.32 bits per heavy atom. The molecule has 0 bridgehead atoms. The first kappa shape index (κ1) is 15.8. The number of allylic oxidation sites excluding steroid dienone is 2. The average molecular weight is 298 g/mol. The third-order valence-electron chi connectivity index (χ3n) is 2.81. The number of halogens is 2. The highest BCUT2D eigenvalue weighted by Crippen LogP contribution is 2.32. The van der Waals surface area contributed by atoms with Crippen molar-refractivity contribution in [1.29, 1.82) is 0 Å². The number of hydrogen-bond donors (Lipinski definition) is 0. The van der Waals surface area contributed by atoms with Gasteiger partial charge in [0, 0.05) is 17.3 Å². The second-order valence-electron chi connectivity index (χ2n) is 4.12. The zero-order chi connectivity index (χ0) is 14.4. The van der Waals surface area contributed by atoms with Gasteiger partial charge in [-0.05, 0) is 30.9 Å². The predicted molar refractivity (Wildman–Crippen MR) is 83.3 cm³/mol. The number of Topliss-reactive ketones (excluding diaryl/α,β-unsaturated/α-hetero) is 1. The first-order valence-corrected chi connectivity index (χ1v) is 6.80. The molecule has 0 aliphatic heterocycles. The predicted octanol–water partition coefficient (Wildman–Crippen LogP) is 4.50. The molecule has 0 fully saturated rings. The van der Waals surface area contributed by atoms with E-state index >= 15 is 0 Å². The van der Waals surface area contributed by atoms with Gasteiger partial charge in [-0.2, -0.15) is 0 Å². The smallest absolute Gasteiger partial charge is 0.160 e. The van der Waals surface area contributed by atoms with Crippen molar-refractivity contribution >= 4 is 34.8 Å². The maximum absolute atomic E-state index is 11.7. The molecule has 102 valence electrons. The van der Waals surface area contributed by atoms with Gasteiger partial charge in [-0.1, -0.05) is 24.3 Å². The third kappa shape index (κ3) is 3.62. The fraction of sp³-hybridized carbons (Fsp3) is 0.267. The molecule has 2 nitrogen and oxygen atoms in total. The Morgan fingerprint density at radius 2 is 1.95 bits per heavy atom. The number of benzene rings is 1. The number of carbonyl (C=O) groups excluding carboxylic acids is 1. The molecule has 1 aromatic rings. The van der Waals surface area contributed by atoms with Crippen molar-refractivity contribution in [3.8, 4) is 0 Å². The van der Waals surface area contributed by atoms with Gasteiger partial charge < -0.3 is 0 Å². The van der Waals surface area contributed by atoms with Crippen molar-refractivity contribution in [1.82, 2.24) is 0 Å². The fourth-order valence-electron chi connectivity index (χ4n) is 2.05. The van der Waals surface area contributed by atoms with Crippen molar-refractivity contribution in [3.05, 3.63) is 54.1 Å². The van der Waals surface area contributed by atoms with E-state index in [-0.39, 0.29) is 11.8 Å². The van der Waals surface area contributed by atoms with E-state index in [1.165, 1.54) is 11.3 Å². The molecule has 0 radical (unpaired) electrons. The summed E-state index contributed by atoms with van der Waals surface area (Å²) in [5.41, 5.74) is 3.28. The minimum atomic E-state index is 0.00268. The van der Waals surface area contributed by atoms with Crippen LogP contribution in [-0.4, -0.2) is 11.8 Å². The lowest BCUT2D eigenvalue weighted by molar-refractivity contribution is 0.101. The molecule has 0 N–H and O–H groups in total. The van der Waals surface area contributed by atoms with E-state index in [0.29, 0.717) is 18.4 Å². The normalized spacial score (nSPS) is 10.1. The van der Waals surface area contributed by atoms with Gasteiger partial charge in [-0.3, -0.25) is 9.21 Å². The number of hydrogen-bond acceptors (Lipinski definition) is 2. The highest BCUT2D eigenvalue weighted by atomic mass is 35.5. The maximum Gasteiger partial charge on any atom is 0.160 e. The lowest BCUT2D eigenvalue weighted by atomic mass is 9.94. The molecule has 1 rings (SSSR count). The Hall–Kier alpha value is -1.25. The van der Waals surface area contributed by atoms with Gasteiger partial charge in [0.25, 0.3) is 0 Å². The molecule has 0 aliphatic carbocycles. The van der Waals surface area contributed by atoms with Crippen LogP contribution in [0.15, 0.2) is 37.4 Å². The van der Waals surface area contributed by atoms with Crippen LogP contribution in [0.2, 0.25) is 0 Å². The van der Waals surface area contributed by atoms with E-state index in [1.54, 1.807) is 12.2 Å². The summed E-state index contributed by atoms with van der Waals surface area (Å²) < 4.78 is 1.42. The summed E-state index contributed by atoms with van der Waals surface area (Å²) in [7, 11) is 0. The minimum Gasteiger partial charge on any atom is -0.294 e. The Bertz CT molecular complexity index is 497. The molecular weight excluding hydrogens is 281 g/mol. The maximum atomic E-state index is 11.7. The van der Waals surface area contributed by atoms with Gasteiger partial charge in [0.2, 0.25) is 0 Å². The second-order valence-corrected chi connectivity index (χ2v) is 4.77. The van der Waals surface area contributed by atoms with Gasteiger partial charge in [0.1, 0.15) is 6.00 Å². The van der Waals surface area contributed by atoms with E-state index in [0.717, 1.165) is 16.8 Å². The second kappa shape index (κ2) is 7.37. The third-order valence-corrected chi connectivity index (χ3v) is 3.46. The van der Waals surface area contributed by atoms with Crippen LogP contribution >= 0.6 is 23.4 Å². The zero-order valence-electron chi connectivity index (χ0n) is 11.0. The molecule has 0 aromatic heterocycles. The van der Waals surface area contributed by atoms with Gasteiger partial charge in [0.05, 0.1) is 5.69 Å². The van der Waals surface area contributed by atoms with Crippen LogP contribution in [0.4, 0.5) is 5.69 Å². The van der Waals surface area contributed by atoms with Crippen LogP contribution in [0, 0.1) is 0 Å². The molecule has 0 atom stereocenters. The summed E-state index contributed by atoms with van der Waals surface area (Å²) in [5.74, 6) is 0.00268. The van der Waals surface area contributed by atoms with Crippen molar-refractivity contribution in [2.75, 3.05) is 10.4 Å². The lowest BCUT2D eigenvalue weighted by Crippen LogP contribution is -2.14. The van der Waals surface area contributed by atoms with Gasteiger partial charge >= 0.3 is 0 Å². The first-order chi connectivity index (χ1) is 9.06. The summed E-state index contributed by atoms with van der Waals surface area (Å²) in [6.45, 7) is 9.01. The van der Waals surface area contributed by atoms with Gasteiger partial charge in [0.15, 0.2) is 5.78 Å². The highest BCUT2D eigenvalue weighted by Gasteiger charge is 2.18. The molecule has 0 saturated heterocycles. The molecule has 0 unspecified atom stereocenters. The standard InChI is InChI=1S/C15H17Cl2NO/c1-4-6-12-8-9-13(11(3)19)14(7-5-2)15(12)18(17)10-16/h4-5,8-9H,1-2,6-7,10H2,3H3. The lowest BCUT2D eigenvalue weighted by Gasteiger charge is -2.22. The summed E-state index contributed by atoms with van der Waals surface area (Å²) in [5, 5.41) is 0. The van der Waals surface area contributed by atoms with E-state index in [9.17, 15) is 4.79 Å². The highest BCUT2D eigenvalue weighted by molar-refractivity contribution is 6.32. The zero-order valence-corrected chi connectivity index (χ0v) is 12.5. The number of ketones is 1. The average Bonchev–Trinajstić information content (AvgIpc) is 2.38. The van der Waals surface area contributed by atoms with E-state index in [4.69, 9.17) is 23.4 Å². The molecule has 1 aromatic carbocycles. The Kier molecular flexibility index (Phi) is 6.13. The van der Waals surface area contributed by atoms with Crippen molar-refractivity contribution < 1.29 is 4.79 Å². The molecule has 0 aliphatic rings. The topological polar surface area (TPSA) is 20.3 Å². The molecule has 0 heterocycles. The SMILES string of the molecule is C=CCc1ccc(C(C)=O)c(CC=C)c1N(Cl)CCl. The summed E-state index contributed by atoms with van der Waals surface area (Å²) >= 11 is 12.0. The van der Waals surface area contributed by atoms with Crippen molar-refractivity contribution in [3.63, 3.8) is 0 Å². The molecule has 19 heavy (non-hydrogen) atoms. The minimum absolute atomic E-state index is 0.00268. The van der Waals surface area contributed by atoms with Crippen LogP contribution in [0.25, 0.3) is 0 Å². The monoisotopic (exact) mass is 297 g/mol. The number of rotatable bonds is 7. The number of alkyl halides is 1. The van der Waals surface area contributed by atoms with Crippen molar-refractivity contribution in [2.45, 2.75) is 19.8 Å². The number of anilines is 1. The Balaban J connectivity index is 3.54. The van der Waals surface area contributed by atoms with Crippen LogP contribution in [0.1, 0.15) is 28.4 Å². The molecule has 0 amide bonds. The first-order valence-electron chi connectivity index (χ1n) is 5.93. The Morgan fingerprint density at radius 3 is 2.42 bits per heavy atom. The van der Waals surface area contributed by atoms with Gasteiger partial charge in [-0.25, -0.2) is 0 Å². The van der Waals surface area contributed by atoms with Crippen LogP contribution in [0.5, 0.6) is 0 Å². The summed E-state index contributed by atoms with van der Waals surface area (Å²) in [6, 6.07) is 3.85. The molecule has 0 saturated carbocycles. The van der Waals surface area contributed by atoms with Gasteiger partial charge in [-0.15, -0.1) is 24.8 Å². The van der Waals surface area contributed by atoms with Crippen LogP contribution < -0.4 is 4.42 Å². The summed E-state index contributed by atoms with van der Waals surface area (Å²) in [6.07, 6.45) is 4.78. The molecule has 4 heteroatoms. The van der Waals surface area contributed by atoms with E-state index < -0.39 is 0 Å². The number of nitrogens with zero attached hydrogens (tertiary/aromatic N) is 1. The van der Waals surface area contributed by atoms with Crippen LogP contribution in [0.3, 0.4) is 0 Å². The van der Waals surface area contributed by atoms with E-state index in [1.807, 2.05) is 12.1 Å². The van der Waals surface area contributed by atoms with E-state index in [2.05, 4.69) is 13.2 Å². The van der Waals surface area contributed by atoms with Crippen LogP contribution in [-0.2, 0) is 12.8 Å².